The van der Waals surface area contributed by atoms with E-state index in [0.29, 0.717) is 13.0 Å². The summed E-state index contributed by atoms with van der Waals surface area (Å²) in [5.41, 5.74) is 0. The Morgan fingerprint density at radius 2 is 2.00 bits per heavy atom. The van der Waals surface area contributed by atoms with Crippen molar-refractivity contribution in [3.05, 3.63) is 24.2 Å². The van der Waals surface area contributed by atoms with Crippen molar-refractivity contribution in [2.45, 2.75) is 19.3 Å². The first-order valence-corrected chi connectivity index (χ1v) is 8.79. The lowest BCUT2D eigenvalue weighted by molar-refractivity contribution is 0.0376. The van der Waals surface area contributed by atoms with E-state index in [2.05, 4.69) is 20.5 Å². The number of halogens is 2. The Morgan fingerprint density at radius 3 is 2.72 bits per heavy atom. The Morgan fingerprint density at radius 1 is 1.20 bits per heavy atom. The third kappa shape index (κ3) is 10.0. The molecule has 1 saturated heterocycles. The van der Waals surface area contributed by atoms with Crippen LogP contribution in [-0.2, 0) is 11.2 Å². The molecular weight excluding hydrogens is 438 g/mol. The molecule has 2 rings (SSSR count). The first kappa shape index (κ1) is 22.2. The van der Waals surface area contributed by atoms with Crippen LogP contribution in [0.3, 0.4) is 0 Å². The van der Waals surface area contributed by atoms with Crippen LogP contribution in [0.15, 0.2) is 27.8 Å². The van der Waals surface area contributed by atoms with Gasteiger partial charge in [-0.1, -0.05) is 0 Å². The third-order valence-electron chi connectivity index (χ3n) is 3.85. The maximum atomic E-state index is 12.3. The summed E-state index contributed by atoms with van der Waals surface area (Å²) in [6.07, 6.45) is 3.97. The zero-order valence-electron chi connectivity index (χ0n) is 14.7. The van der Waals surface area contributed by atoms with E-state index in [9.17, 15) is 4.39 Å². The minimum atomic E-state index is -0.333. The maximum absolute atomic E-state index is 12.3. The van der Waals surface area contributed by atoms with Gasteiger partial charge in [-0.15, -0.1) is 24.0 Å². The summed E-state index contributed by atoms with van der Waals surface area (Å²) < 4.78 is 22.9. The third-order valence-corrected chi connectivity index (χ3v) is 3.85. The number of aliphatic imine (C=N–C) groups is 1. The summed E-state index contributed by atoms with van der Waals surface area (Å²) in [6, 6.07) is 3.84. The lowest BCUT2D eigenvalue weighted by Gasteiger charge is -2.26. The molecule has 0 unspecified atom stereocenters. The van der Waals surface area contributed by atoms with Crippen LogP contribution in [0.2, 0.25) is 0 Å². The highest BCUT2D eigenvalue weighted by Gasteiger charge is 2.09. The second-order valence-corrected chi connectivity index (χ2v) is 5.76. The van der Waals surface area contributed by atoms with Crippen LogP contribution >= 0.6 is 24.0 Å². The number of hydrogen-bond donors (Lipinski definition) is 2. The molecule has 0 radical (unpaired) electrons. The molecule has 0 atom stereocenters. The topological polar surface area (TPSA) is 62.0 Å². The van der Waals surface area contributed by atoms with E-state index >= 15 is 0 Å². The van der Waals surface area contributed by atoms with Gasteiger partial charge in [0.2, 0.25) is 0 Å². The fourth-order valence-electron chi connectivity index (χ4n) is 2.52. The number of morpholine rings is 1. The minimum absolute atomic E-state index is 0. The van der Waals surface area contributed by atoms with Gasteiger partial charge in [-0.2, -0.15) is 0 Å². The number of alkyl halides is 1. The van der Waals surface area contributed by atoms with Crippen LogP contribution in [0.5, 0.6) is 0 Å². The zero-order chi connectivity index (χ0) is 16.9. The van der Waals surface area contributed by atoms with Crippen molar-refractivity contribution in [2.24, 2.45) is 4.99 Å². The molecule has 1 aromatic rings. The quantitative estimate of drug-likeness (QED) is 0.238. The molecule has 1 aliphatic heterocycles. The molecular formula is C17H30FIN4O2. The Kier molecular flexibility index (Phi) is 12.7. The molecule has 1 aliphatic rings. The van der Waals surface area contributed by atoms with Gasteiger partial charge in [-0.25, -0.2) is 0 Å². The predicted molar refractivity (Wildman–Crippen MR) is 109 cm³/mol. The average molecular weight is 468 g/mol. The molecule has 8 heteroatoms. The summed E-state index contributed by atoms with van der Waals surface area (Å²) in [6.45, 7) is 6.49. The molecule has 1 fully saturated rings. The molecule has 144 valence electrons. The van der Waals surface area contributed by atoms with Gasteiger partial charge in [0.1, 0.15) is 5.76 Å². The minimum Gasteiger partial charge on any atom is -0.469 e. The van der Waals surface area contributed by atoms with Gasteiger partial charge >= 0.3 is 0 Å². The second-order valence-electron chi connectivity index (χ2n) is 5.76. The molecule has 0 aromatic carbocycles. The molecule has 6 nitrogen and oxygen atoms in total. The summed E-state index contributed by atoms with van der Waals surface area (Å²) in [5, 5.41) is 6.60. The smallest absolute Gasteiger partial charge is 0.191 e. The van der Waals surface area contributed by atoms with E-state index in [-0.39, 0.29) is 30.7 Å². The summed E-state index contributed by atoms with van der Waals surface area (Å²) in [7, 11) is 0. The first-order chi connectivity index (χ1) is 11.9. The molecule has 0 amide bonds. The van der Waals surface area contributed by atoms with Crippen molar-refractivity contribution < 1.29 is 13.5 Å². The van der Waals surface area contributed by atoms with Gasteiger partial charge in [0.25, 0.3) is 0 Å². The highest BCUT2D eigenvalue weighted by Crippen LogP contribution is 1.99. The molecule has 0 bridgehead atoms. The summed E-state index contributed by atoms with van der Waals surface area (Å²) in [4.78, 5) is 6.82. The van der Waals surface area contributed by atoms with Crippen LogP contribution in [-0.4, -0.2) is 70.0 Å². The van der Waals surface area contributed by atoms with Gasteiger partial charge in [0, 0.05) is 39.1 Å². The number of rotatable bonds is 10. The standard InChI is InChI=1S/C17H29FN4O2.HI/c18-6-2-7-19-17(21-9-5-16-4-1-13-24-16)20-8-3-10-22-11-14-23-15-12-22;/h1,4,13H,2-3,5-12,14-15H2,(H2,19,20,21);1H. The van der Waals surface area contributed by atoms with E-state index in [1.165, 1.54) is 0 Å². The van der Waals surface area contributed by atoms with Crippen molar-refractivity contribution in [3.8, 4) is 0 Å². The summed E-state index contributed by atoms with van der Waals surface area (Å²) >= 11 is 0. The van der Waals surface area contributed by atoms with Gasteiger partial charge in [0.05, 0.1) is 26.2 Å². The van der Waals surface area contributed by atoms with Crippen LogP contribution in [0.1, 0.15) is 18.6 Å². The zero-order valence-corrected chi connectivity index (χ0v) is 17.0. The highest BCUT2D eigenvalue weighted by atomic mass is 127. The second kappa shape index (κ2) is 14.3. The Bertz CT molecular complexity index is 454. The predicted octanol–water partition coefficient (Wildman–Crippen LogP) is 2.06. The molecule has 25 heavy (non-hydrogen) atoms. The van der Waals surface area contributed by atoms with E-state index in [0.717, 1.165) is 70.5 Å². The number of nitrogens with one attached hydrogen (secondary N) is 2. The van der Waals surface area contributed by atoms with Crippen LogP contribution in [0.4, 0.5) is 4.39 Å². The number of furan rings is 1. The van der Waals surface area contributed by atoms with Gasteiger partial charge in [-0.3, -0.25) is 14.3 Å². The lowest BCUT2D eigenvalue weighted by Crippen LogP contribution is -2.41. The van der Waals surface area contributed by atoms with Crippen molar-refractivity contribution in [1.29, 1.82) is 0 Å². The van der Waals surface area contributed by atoms with Gasteiger partial charge < -0.3 is 19.8 Å². The summed E-state index contributed by atoms with van der Waals surface area (Å²) in [5.74, 6) is 1.69. The number of ether oxygens (including phenoxy) is 1. The highest BCUT2D eigenvalue weighted by molar-refractivity contribution is 14.0. The van der Waals surface area contributed by atoms with Crippen LogP contribution in [0, 0.1) is 0 Å². The van der Waals surface area contributed by atoms with Crippen molar-refractivity contribution >= 4 is 29.9 Å². The number of guanidine groups is 1. The van der Waals surface area contributed by atoms with Crippen LogP contribution < -0.4 is 10.6 Å². The molecule has 0 spiro atoms. The Labute approximate surface area is 166 Å². The van der Waals surface area contributed by atoms with E-state index < -0.39 is 0 Å². The van der Waals surface area contributed by atoms with Crippen molar-refractivity contribution in [3.63, 3.8) is 0 Å². The SMILES string of the molecule is FCCCN=C(NCCCN1CCOCC1)NCCc1ccco1.I. The fraction of sp³-hybridized carbons (Fsp3) is 0.706. The molecule has 2 heterocycles. The molecule has 2 N–H and O–H groups in total. The van der Waals surface area contributed by atoms with Crippen molar-refractivity contribution in [1.82, 2.24) is 15.5 Å². The normalized spacial score (nSPS) is 15.6. The monoisotopic (exact) mass is 468 g/mol. The molecule has 0 saturated carbocycles. The molecule has 1 aromatic heterocycles. The van der Waals surface area contributed by atoms with E-state index in [1.807, 2.05) is 12.1 Å². The number of nitrogens with zero attached hydrogens (tertiary/aromatic N) is 2. The Hall–Kier alpha value is -0.870. The fourth-order valence-corrected chi connectivity index (χ4v) is 2.52. The maximum Gasteiger partial charge on any atom is 0.191 e. The van der Waals surface area contributed by atoms with Crippen molar-refractivity contribution in [2.75, 3.05) is 59.2 Å². The average Bonchev–Trinajstić information content (AvgIpc) is 3.13. The van der Waals surface area contributed by atoms with E-state index in [1.54, 1.807) is 6.26 Å². The largest absolute Gasteiger partial charge is 0.469 e. The van der Waals surface area contributed by atoms with Crippen LogP contribution in [0.25, 0.3) is 0 Å². The number of hydrogen-bond acceptors (Lipinski definition) is 4. The Balaban J connectivity index is 0.00000312. The van der Waals surface area contributed by atoms with Gasteiger partial charge in [0.15, 0.2) is 5.96 Å². The lowest BCUT2D eigenvalue weighted by atomic mass is 10.3. The van der Waals surface area contributed by atoms with E-state index in [4.69, 9.17) is 9.15 Å². The molecule has 0 aliphatic carbocycles. The van der Waals surface area contributed by atoms with Gasteiger partial charge in [-0.05, 0) is 31.5 Å². The first-order valence-electron chi connectivity index (χ1n) is 8.79.